The van der Waals surface area contributed by atoms with Gasteiger partial charge >= 0.3 is 12.3 Å². The quantitative estimate of drug-likeness (QED) is 0.423. The van der Waals surface area contributed by atoms with Crippen LogP contribution in [0.5, 0.6) is 0 Å². The van der Waals surface area contributed by atoms with Gasteiger partial charge in [0, 0.05) is 0 Å². The van der Waals surface area contributed by atoms with Crippen molar-refractivity contribution in [3.05, 3.63) is 0 Å². The molecule has 0 saturated heterocycles. The van der Waals surface area contributed by atoms with Crippen molar-refractivity contribution in [2.45, 2.75) is 52.7 Å². The molecule has 17 heavy (non-hydrogen) atoms. The Morgan fingerprint density at radius 3 is 1.24 bits per heavy atom. The molecular formula is C10H18O7. The van der Waals surface area contributed by atoms with E-state index in [0.29, 0.717) is 0 Å². The van der Waals surface area contributed by atoms with Crippen LogP contribution in [0.1, 0.15) is 41.5 Å². The molecule has 0 spiro atoms. The van der Waals surface area contributed by atoms with Crippen molar-refractivity contribution < 1.29 is 33.9 Å². The molecule has 0 saturated carbocycles. The Morgan fingerprint density at radius 2 is 1.00 bits per heavy atom. The molecule has 0 bridgehead atoms. The lowest BCUT2D eigenvalue weighted by molar-refractivity contribution is -0.460. The zero-order valence-corrected chi connectivity index (χ0v) is 10.9. The molecule has 0 heterocycles. The summed E-state index contributed by atoms with van der Waals surface area (Å²) in [5.74, 6) is 0. The molecule has 0 atom stereocenters. The fourth-order valence-corrected chi connectivity index (χ4v) is 0.607. The smallest absolute Gasteiger partial charge is 0.427 e. The average Bonchev–Trinajstić information content (AvgIpc) is 1.95. The van der Waals surface area contributed by atoms with Crippen molar-refractivity contribution in [3.63, 3.8) is 0 Å². The van der Waals surface area contributed by atoms with E-state index in [1.807, 2.05) is 0 Å². The van der Waals surface area contributed by atoms with Crippen molar-refractivity contribution in [3.8, 4) is 0 Å². The van der Waals surface area contributed by atoms with Crippen LogP contribution < -0.4 is 0 Å². The monoisotopic (exact) mass is 250 g/mol. The minimum atomic E-state index is -1.12. The van der Waals surface area contributed by atoms with Crippen LogP contribution in [-0.4, -0.2) is 23.5 Å². The number of carbonyl (C=O) groups excluding carboxylic acids is 2. The number of hydrogen-bond donors (Lipinski definition) is 0. The summed E-state index contributed by atoms with van der Waals surface area (Å²) in [6.07, 6.45) is -2.25. The standard InChI is InChI=1S/C10H18O7/c1-9(2,3)13-7(11)15-17-16-8(12)14-10(4,5)6/h1-6H3. The Kier molecular flexibility index (Phi) is 5.21. The van der Waals surface area contributed by atoms with E-state index >= 15 is 0 Å². The van der Waals surface area contributed by atoms with E-state index in [1.165, 1.54) is 0 Å². The maximum Gasteiger partial charge on any atom is 0.543 e. The molecule has 100 valence electrons. The summed E-state index contributed by atoms with van der Waals surface area (Å²) >= 11 is 0. The second kappa shape index (κ2) is 5.72. The van der Waals surface area contributed by atoms with Gasteiger partial charge in [-0.25, -0.2) is 19.4 Å². The molecule has 0 aliphatic heterocycles. The molecule has 0 aliphatic rings. The predicted molar refractivity (Wildman–Crippen MR) is 55.7 cm³/mol. The fraction of sp³-hybridized carbons (Fsp3) is 0.800. The third-order valence-electron chi connectivity index (χ3n) is 0.983. The number of rotatable bonds is 2. The fourth-order valence-electron chi connectivity index (χ4n) is 0.607. The Hall–Kier alpha value is -1.50. The van der Waals surface area contributed by atoms with Crippen molar-refractivity contribution >= 4 is 12.3 Å². The van der Waals surface area contributed by atoms with Crippen LogP contribution in [0.2, 0.25) is 0 Å². The maximum absolute atomic E-state index is 10.9. The van der Waals surface area contributed by atoms with Crippen LogP contribution in [-0.2, 0) is 24.3 Å². The first-order chi connectivity index (χ1) is 7.49. The van der Waals surface area contributed by atoms with Crippen LogP contribution in [0.15, 0.2) is 0 Å². The Labute approximate surface area is 99.8 Å². The second-order valence-corrected chi connectivity index (χ2v) is 5.16. The van der Waals surface area contributed by atoms with E-state index < -0.39 is 23.5 Å². The lowest BCUT2D eigenvalue weighted by Crippen LogP contribution is -2.26. The molecule has 0 aromatic carbocycles. The van der Waals surface area contributed by atoms with Gasteiger partial charge in [0.15, 0.2) is 0 Å². The zero-order valence-electron chi connectivity index (χ0n) is 10.9. The van der Waals surface area contributed by atoms with Gasteiger partial charge in [-0.2, -0.15) is 0 Å². The van der Waals surface area contributed by atoms with Crippen molar-refractivity contribution in [2.75, 3.05) is 0 Å². The summed E-state index contributed by atoms with van der Waals surface area (Å²) in [6.45, 7) is 9.85. The van der Waals surface area contributed by atoms with Gasteiger partial charge < -0.3 is 9.47 Å². The van der Waals surface area contributed by atoms with Crippen LogP contribution in [0.4, 0.5) is 9.59 Å². The summed E-state index contributed by atoms with van der Waals surface area (Å²) in [6, 6.07) is 0. The first kappa shape index (κ1) is 15.5. The average molecular weight is 250 g/mol. The molecule has 0 unspecified atom stereocenters. The van der Waals surface area contributed by atoms with Gasteiger partial charge in [0.1, 0.15) is 11.2 Å². The van der Waals surface area contributed by atoms with Crippen molar-refractivity contribution in [2.24, 2.45) is 0 Å². The molecule has 0 fully saturated rings. The van der Waals surface area contributed by atoms with Crippen LogP contribution in [0.3, 0.4) is 0 Å². The Balaban J connectivity index is 3.78. The molecule has 0 aromatic heterocycles. The van der Waals surface area contributed by atoms with Gasteiger partial charge in [0.2, 0.25) is 0 Å². The molecule has 7 heteroatoms. The highest BCUT2D eigenvalue weighted by Gasteiger charge is 2.21. The molecule has 0 aliphatic carbocycles. The van der Waals surface area contributed by atoms with Gasteiger partial charge in [-0.15, -0.1) is 0 Å². The summed E-state index contributed by atoms with van der Waals surface area (Å²) in [5, 5.41) is 3.90. The molecule has 0 amide bonds. The lowest BCUT2D eigenvalue weighted by Gasteiger charge is -2.18. The number of carbonyl (C=O) groups is 2. The summed E-state index contributed by atoms with van der Waals surface area (Å²) in [4.78, 5) is 29.9. The topological polar surface area (TPSA) is 80.3 Å². The molecule has 0 rings (SSSR count). The number of hydrogen-bond acceptors (Lipinski definition) is 7. The maximum atomic E-state index is 10.9. The molecular weight excluding hydrogens is 232 g/mol. The van der Waals surface area contributed by atoms with E-state index in [4.69, 9.17) is 9.47 Å². The lowest BCUT2D eigenvalue weighted by atomic mass is 10.2. The van der Waals surface area contributed by atoms with Gasteiger partial charge in [0.05, 0.1) is 5.04 Å². The second-order valence-electron chi connectivity index (χ2n) is 5.16. The van der Waals surface area contributed by atoms with Crippen molar-refractivity contribution in [1.29, 1.82) is 0 Å². The number of ether oxygens (including phenoxy) is 2. The van der Waals surface area contributed by atoms with Gasteiger partial charge in [-0.1, -0.05) is 0 Å². The SMILES string of the molecule is CC(C)(C)OC(=O)OOOC(=O)OC(C)(C)C. The third kappa shape index (κ3) is 10.8. The minimum absolute atomic E-state index is 0.730. The van der Waals surface area contributed by atoms with Gasteiger partial charge in [-0.3, -0.25) is 0 Å². The first-order valence-corrected chi connectivity index (χ1v) is 4.97. The summed E-state index contributed by atoms with van der Waals surface area (Å²) < 4.78 is 9.40. The van der Waals surface area contributed by atoms with E-state index in [9.17, 15) is 9.59 Å². The van der Waals surface area contributed by atoms with Crippen LogP contribution in [0, 0.1) is 0 Å². The molecule has 0 aromatic rings. The normalized spacial score (nSPS) is 11.6. The predicted octanol–water partition coefficient (Wildman–Crippen LogP) is 2.74. The minimum Gasteiger partial charge on any atom is -0.427 e. The zero-order chi connectivity index (χ0) is 13.7. The highest BCUT2D eigenvalue weighted by atomic mass is 17.5. The third-order valence-corrected chi connectivity index (χ3v) is 0.983. The van der Waals surface area contributed by atoms with Gasteiger partial charge in [0.25, 0.3) is 0 Å². The van der Waals surface area contributed by atoms with E-state index in [-0.39, 0.29) is 0 Å². The molecule has 0 radical (unpaired) electrons. The summed E-state index contributed by atoms with van der Waals surface area (Å²) in [7, 11) is 0. The van der Waals surface area contributed by atoms with Crippen LogP contribution >= 0.6 is 0 Å². The largest absolute Gasteiger partial charge is 0.543 e. The first-order valence-electron chi connectivity index (χ1n) is 4.97. The van der Waals surface area contributed by atoms with E-state index in [1.54, 1.807) is 41.5 Å². The van der Waals surface area contributed by atoms with E-state index in [0.717, 1.165) is 0 Å². The Morgan fingerprint density at radius 1 is 0.706 bits per heavy atom. The molecule has 0 N–H and O–H groups in total. The Bertz CT molecular complexity index is 243. The van der Waals surface area contributed by atoms with E-state index in [2.05, 4.69) is 14.8 Å². The van der Waals surface area contributed by atoms with Crippen LogP contribution in [0.25, 0.3) is 0 Å². The van der Waals surface area contributed by atoms with Crippen molar-refractivity contribution in [1.82, 2.24) is 0 Å². The summed E-state index contributed by atoms with van der Waals surface area (Å²) in [5.41, 5.74) is -1.46. The molecule has 7 nitrogen and oxygen atoms in total. The highest BCUT2D eigenvalue weighted by molar-refractivity contribution is 5.60. The highest BCUT2D eigenvalue weighted by Crippen LogP contribution is 2.10. The van der Waals surface area contributed by atoms with Gasteiger partial charge in [-0.05, 0) is 41.5 Å².